The van der Waals surface area contributed by atoms with E-state index in [2.05, 4.69) is 30.4 Å². The minimum Gasteiger partial charge on any atom is -0.356 e. The number of nitrogens with zero attached hydrogens (tertiary/aromatic N) is 3. The Morgan fingerprint density at radius 1 is 1.25 bits per heavy atom. The van der Waals surface area contributed by atoms with Gasteiger partial charge in [0.05, 0.1) is 11.7 Å². The summed E-state index contributed by atoms with van der Waals surface area (Å²) in [4.78, 5) is 26.3. The van der Waals surface area contributed by atoms with Gasteiger partial charge in [0.25, 0.3) is 11.5 Å². The van der Waals surface area contributed by atoms with Crippen LogP contribution in [-0.2, 0) is 7.05 Å². The van der Waals surface area contributed by atoms with Crippen molar-refractivity contribution in [2.45, 2.75) is 85.1 Å². The van der Waals surface area contributed by atoms with Gasteiger partial charge in [0.15, 0.2) is 11.5 Å². The van der Waals surface area contributed by atoms with Crippen LogP contribution < -0.4 is 10.9 Å². The molecule has 0 aromatic carbocycles. The summed E-state index contributed by atoms with van der Waals surface area (Å²) < 4.78 is 9.37. The Balaban J connectivity index is 1.60. The summed E-state index contributed by atoms with van der Waals surface area (Å²) in [5, 5.41) is 6.96. The van der Waals surface area contributed by atoms with E-state index >= 15 is 0 Å². The molecule has 2 aliphatic rings. The fourth-order valence-electron chi connectivity index (χ4n) is 5.47. The lowest BCUT2D eigenvalue weighted by molar-refractivity contribution is 0.101. The van der Waals surface area contributed by atoms with Crippen molar-refractivity contribution in [2.75, 3.05) is 5.32 Å². The summed E-state index contributed by atoms with van der Waals surface area (Å²) in [6.07, 6.45) is 10.9. The molecule has 4 rings (SSSR count). The Kier molecular flexibility index (Phi) is 6.45. The van der Waals surface area contributed by atoms with Crippen molar-refractivity contribution in [1.82, 2.24) is 14.5 Å². The van der Waals surface area contributed by atoms with Crippen LogP contribution >= 0.6 is 0 Å². The lowest BCUT2D eigenvalue weighted by Gasteiger charge is -2.26. The topological polar surface area (TPSA) is 82.1 Å². The SMILES string of the molecule is CCC1CC(C)CC=C1c1onc(C(=O)Nc2c(C)n(C)n(C3CCCCC3)c2=O)c1C. The highest BCUT2D eigenvalue weighted by atomic mass is 16.5. The quantitative estimate of drug-likeness (QED) is 0.676. The Hall–Kier alpha value is -2.57. The molecule has 0 bridgehead atoms. The van der Waals surface area contributed by atoms with Gasteiger partial charge in [-0.3, -0.25) is 14.3 Å². The molecular formula is C25H36N4O3. The van der Waals surface area contributed by atoms with Gasteiger partial charge < -0.3 is 9.84 Å². The van der Waals surface area contributed by atoms with Gasteiger partial charge in [0.2, 0.25) is 0 Å². The summed E-state index contributed by atoms with van der Waals surface area (Å²) in [6, 6.07) is 0.192. The second-order valence-electron chi connectivity index (χ2n) is 9.71. The van der Waals surface area contributed by atoms with Gasteiger partial charge >= 0.3 is 0 Å². The maximum atomic E-state index is 13.2. The van der Waals surface area contributed by atoms with Gasteiger partial charge in [0.1, 0.15) is 5.69 Å². The zero-order valence-corrected chi connectivity index (χ0v) is 20.0. The molecule has 1 amide bonds. The molecule has 1 saturated carbocycles. The Morgan fingerprint density at radius 2 is 1.97 bits per heavy atom. The van der Waals surface area contributed by atoms with E-state index in [9.17, 15) is 9.59 Å². The first kappa shape index (κ1) is 22.6. The molecule has 0 radical (unpaired) electrons. The summed E-state index contributed by atoms with van der Waals surface area (Å²) in [5.74, 6) is 1.39. The van der Waals surface area contributed by atoms with Crippen LogP contribution in [0.15, 0.2) is 15.4 Å². The zero-order chi connectivity index (χ0) is 23.0. The van der Waals surface area contributed by atoms with Crippen LogP contribution in [0.4, 0.5) is 5.69 Å². The molecule has 174 valence electrons. The van der Waals surface area contributed by atoms with E-state index in [4.69, 9.17) is 4.52 Å². The second-order valence-corrected chi connectivity index (χ2v) is 9.71. The number of anilines is 1. The van der Waals surface area contributed by atoms with Crippen molar-refractivity contribution in [2.24, 2.45) is 18.9 Å². The molecule has 2 unspecified atom stereocenters. The Labute approximate surface area is 189 Å². The number of aromatic nitrogens is 3. The lowest BCUT2D eigenvalue weighted by Crippen LogP contribution is -2.29. The second kappa shape index (κ2) is 9.12. The number of rotatable bonds is 5. The highest BCUT2D eigenvalue weighted by Gasteiger charge is 2.30. The van der Waals surface area contributed by atoms with Crippen LogP contribution in [0.2, 0.25) is 0 Å². The molecule has 7 heteroatoms. The normalized spacial score (nSPS) is 22.1. The molecule has 0 aliphatic heterocycles. The number of nitrogens with one attached hydrogen (secondary N) is 1. The third kappa shape index (κ3) is 3.97. The number of allylic oxidation sites excluding steroid dienone is 2. The third-order valence-corrected chi connectivity index (χ3v) is 7.51. The van der Waals surface area contributed by atoms with Crippen LogP contribution in [0, 0.1) is 25.7 Å². The van der Waals surface area contributed by atoms with Gasteiger partial charge in [-0.2, -0.15) is 0 Å². The summed E-state index contributed by atoms with van der Waals surface area (Å²) in [6.45, 7) is 8.21. The minimum absolute atomic E-state index is 0.137. The van der Waals surface area contributed by atoms with Crippen LogP contribution in [0.3, 0.4) is 0 Å². The largest absolute Gasteiger partial charge is 0.356 e. The van der Waals surface area contributed by atoms with E-state index in [1.54, 1.807) is 0 Å². The maximum Gasteiger partial charge on any atom is 0.291 e. The van der Waals surface area contributed by atoms with Crippen LogP contribution in [0.25, 0.3) is 5.57 Å². The number of hydrogen-bond acceptors (Lipinski definition) is 4. The van der Waals surface area contributed by atoms with Crippen molar-refractivity contribution in [3.63, 3.8) is 0 Å². The van der Waals surface area contributed by atoms with E-state index in [1.807, 2.05) is 30.3 Å². The van der Waals surface area contributed by atoms with Crippen molar-refractivity contribution < 1.29 is 9.32 Å². The van der Waals surface area contributed by atoms with Gasteiger partial charge in [-0.1, -0.05) is 44.3 Å². The van der Waals surface area contributed by atoms with Crippen LogP contribution in [0.5, 0.6) is 0 Å². The lowest BCUT2D eigenvalue weighted by atomic mass is 9.79. The predicted molar refractivity (Wildman–Crippen MR) is 126 cm³/mol. The molecule has 1 fully saturated rings. The molecule has 2 atom stereocenters. The summed E-state index contributed by atoms with van der Waals surface area (Å²) >= 11 is 0. The smallest absolute Gasteiger partial charge is 0.291 e. The molecule has 0 saturated heterocycles. The summed E-state index contributed by atoms with van der Waals surface area (Å²) in [5.41, 5.74) is 3.10. The van der Waals surface area contributed by atoms with Gasteiger partial charge in [0, 0.05) is 12.6 Å². The molecule has 2 aromatic rings. The van der Waals surface area contributed by atoms with Crippen molar-refractivity contribution in [3.8, 4) is 0 Å². The van der Waals surface area contributed by atoms with Crippen molar-refractivity contribution in [3.05, 3.63) is 39.1 Å². The van der Waals surface area contributed by atoms with E-state index in [1.165, 1.54) is 6.42 Å². The summed E-state index contributed by atoms with van der Waals surface area (Å²) in [7, 11) is 1.89. The average Bonchev–Trinajstić information content (AvgIpc) is 3.27. The molecule has 1 N–H and O–H groups in total. The molecule has 7 nitrogen and oxygen atoms in total. The molecular weight excluding hydrogens is 404 g/mol. The van der Waals surface area contributed by atoms with E-state index in [-0.39, 0.29) is 17.3 Å². The number of carbonyl (C=O) groups excluding carboxylic acids is 1. The highest BCUT2D eigenvalue weighted by molar-refractivity contribution is 6.04. The highest BCUT2D eigenvalue weighted by Crippen LogP contribution is 2.39. The third-order valence-electron chi connectivity index (χ3n) is 7.51. The first-order valence-corrected chi connectivity index (χ1v) is 12.1. The van der Waals surface area contributed by atoms with Crippen LogP contribution in [-0.4, -0.2) is 20.4 Å². The van der Waals surface area contributed by atoms with Gasteiger partial charge in [-0.15, -0.1) is 0 Å². The first-order valence-electron chi connectivity index (χ1n) is 12.1. The van der Waals surface area contributed by atoms with Crippen molar-refractivity contribution in [1.29, 1.82) is 0 Å². The fourth-order valence-corrected chi connectivity index (χ4v) is 5.47. The van der Waals surface area contributed by atoms with Crippen molar-refractivity contribution >= 4 is 17.2 Å². The van der Waals surface area contributed by atoms with Gasteiger partial charge in [-0.25, -0.2) is 4.68 Å². The Morgan fingerprint density at radius 3 is 2.66 bits per heavy atom. The van der Waals surface area contributed by atoms with Crippen LogP contribution in [0.1, 0.15) is 98.8 Å². The minimum atomic E-state index is -0.392. The fraction of sp³-hybridized carbons (Fsp3) is 0.640. The number of carbonyl (C=O) groups is 1. The molecule has 2 aliphatic carbocycles. The number of hydrogen-bond donors (Lipinski definition) is 1. The van der Waals surface area contributed by atoms with E-state index in [0.717, 1.165) is 61.8 Å². The van der Waals surface area contributed by atoms with Gasteiger partial charge in [-0.05, 0) is 63.4 Å². The maximum absolute atomic E-state index is 13.2. The van der Waals surface area contributed by atoms with E-state index in [0.29, 0.717) is 23.3 Å². The Bertz CT molecular complexity index is 1080. The monoisotopic (exact) mass is 440 g/mol. The van der Waals surface area contributed by atoms with E-state index < -0.39 is 5.91 Å². The molecule has 0 spiro atoms. The predicted octanol–water partition coefficient (Wildman–Crippen LogP) is 5.39. The molecule has 2 aromatic heterocycles. The standard InChI is InChI=1S/C25H36N4O3/c1-6-18-14-15(2)12-13-20(18)23-16(3)21(27-32-23)24(30)26-22-17(4)28(5)29(25(22)31)19-10-8-7-9-11-19/h13,15,18-19H,6-12,14H2,1-5H3,(H,26,30). The average molecular weight is 441 g/mol. The zero-order valence-electron chi connectivity index (χ0n) is 20.0. The molecule has 2 heterocycles. The first-order chi connectivity index (χ1) is 15.3. The number of amides is 1. The molecule has 32 heavy (non-hydrogen) atoms.